The van der Waals surface area contributed by atoms with Crippen LogP contribution < -0.4 is 4.74 Å². The number of carbonyl (C=O) groups excluding carboxylic acids is 2. The molecule has 0 heterocycles. The van der Waals surface area contributed by atoms with Crippen LogP contribution >= 0.6 is 0 Å². The minimum absolute atomic E-state index is 0.0584. The molecular formula is C19H27NO6S. The Morgan fingerprint density at radius 2 is 1.52 bits per heavy atom. The summed E-state index contributed by atoms with van der Waals surface area (Å²) in [5, 5.41) is 0. The Morgan fingerprint density at radius 3 is 1.93 bits per heavy atom. The van der Waals surface area contributed by atoms with Crippen LogP contribution in [0.5, 0.6) is 5.75 Å². The summed E-state index contributed by atoms with van der Waals surface area (Å²) in [5.41, 5.74) is -1.87. The first kappa shape index (κ1) is 21.2. The van der Waals surface area contributed by atoms with Crippen molar-refractivity contribution < 1.29 is 27.5 Å². The van der Waals surface area contributed by atoms with Crippen molar-refractivity contribution in [2.75, 3.05) is 0 Å². The molecule has 27 heavy (non-hydrogen) atoms. The van der Waals surface area contributed by atoms with Gasteiger partial charge in [0.05, 0.1) is 16.4 Å². The Balaban J connectivity index is 2.29. The lowest BCUT2D eigenvalue weighted by Crippen LogP contribution is -2.51. The molecule has 7 nitrogen and oxygen atoms in total. The van der Waals surface area contributed by atoms with Crippen molar-refractivity contribution in [1.82, 2.24) is 4.31 Å². The molecule has 1 aromatic rings. The monoisotopic (exact) mass is 397 g/mol. The summed E-state index contributed by atoms with van der Waals surface area (Å²) in [5.74, 6) is -0.0990. The van der Waals surface area contributed by atoms with Gasteiger partial charge in [0.15, 0.2) is 0 Å². The summed E-state index contributed by atoms with van der Waals surface area (Å²) in [7, 11) is -4.16. The molecule has 0 atom stereocenters. The highest BCUT2D eigenvalue weighted by Crippen LogP contribution is 2.32. The topological polar surface area (TPSA) is 90.0 Å². The van der Waals surface area contributed by atoms with Crippen LogP contribution in [-0.4, -0.2) is 35.9 Å². The number of hydrogen-bond donors (Lipinski definition) is 0. The largest absolute Gasteiger partial charge is 0.443 e. The number of ether oxygens (including phenoxy) is 2. The SMILES string of the molecule is CC(C)(C)OC(=O)N(C(C)(C)C)S(=O)(=O)c1ccc(OC(=O)C2CC2)cc1. The van der Waals surface area contributed by atoms with Crippen molar-refractivity contribution in [3.63, 3.8) is 0 Å². The van der Waals surface area contributed by atoms with E-state index in [0.717, 1.165) is 17.1 Å². The van der Waals surface area contributed by atoms with Crippen LogP contribution in [0.3, 0.4) is 0 Å². The van der Waals surface area contributed by atoms with Crippen molar-refractivity contribution in [3.05, 3.63) is 24.3 Å². The summed E-state index contributed by atoms with van der Waals surface area (Å²) >= 11 is 0. The molecule has 1 aromatic carbocycles. The second-order valence-electron chi connectivity index (χ2n) is 8.59. The zero-order valence-corrected chi connectivity index (χ0v) is 17.4. The molecule has 1 amide bonds. The van der Waals surface area contributed by atoms with E-state index in [0.29, 0.717) is 0 Å². The van der Waals surface area contributed by atoms with Crippen molar-refractivity contribution in [1.29, 1.82) is 0 Å². The molecule has 1 aliphatic carbocycles. The van der Waals surface area contributed by atoms with Crippen molar-refractivity contribution in [2.45, 2.75) is 70.4 Å². The number of carbonyl (C=O) groups is 2. The molecule has 0 aromatic heterocycles. The minimum atomic E-state index is -4.16. The molecule has 1 fully saturated rings. The van der Waals surface area contributed by atoms with Crippen molar-refractivity contribution in [3.8, 4) is 5.75 Å². The second kappa shape index (κ2) is 7.14. The van der Waals surface area contributed by atoms with Crippen LogP contribution in [0.1, 0.15) is 54.4 Å². The Bertz CT molecular complexity index is 811. The normalized spacial score (nSPS) is 15.2. The highest BCUT2D eigenvalue weighted by atomic mass is 32.2. The highest BCUT2D eigenvalue weighted by molar-refractivity contribution is 7.89. The fourth-order valence-electron chi connectivity index (χ4n) is 2.34. The van der Waals surface area contributed by atoms with Gasteiger partial charge < -0.3 is 9.47 Å². The maximum atomic E-state index is 13.1. The summed E-state index contributed by atoms with van der Waals surface area (Å²) < 4.78 is 37.4. The number of benzene rings is 1. The summed E-state index contributed by atoms with van der Waals surface area (Å²) in [6.07, 6.45) is 0.697. The van der Waals surface area contributed by atoms with Crippen LogP contribution in [-0.2, 0) is 19.6 Å². The van der Waals surface area contributed by atoms with Crippen LogP contribution in [0.2, 0.25) is 0 Å². The summed E-state index contributed by atoms with van der Waals surface area (Å²) in [6, 6.07) is 5.44. The van der Waals surface area contributed by atoms with Gasteiger partial charge in [0.2, 0.25) is 0 Å². The van der Waals surface area contributed by atoms with Gasteiger partial charge in [-0.15, -0.1) is 0 Å². The van der Waals surface area contributed by atoms with E-state index in [4.69, 9.17) is 9.47 Å². The molecule has 0 saturated heterocycles. The van der Waals surface area contributed by atoms with E-state index in [1.807, 2.05) is 0 Å². The molecule has 0 unspecified atom stereocenters. The lowest BCUT2D eigenvalue weighted by Gasteiger charge is -2.35. The van der Waals surface area contributed by atoms with Crippen LogP contribution in [0.4, 0.5) is 4.79 Å². The number of amides is 1. The Labute approximate surface area is 160 Å². The molecule has 8 heteroatoms. The van der Waals surface area contributed by atoms with Gasteiger partial charge in [-0.3, -0.25) is 4.79 Å². The van der Waals surface area contributed by atoms with Gasteiger partial charge in [-0.25, -0.2) is 13.2 Å². The van der Waals surface area contributed by atoms with E-state index in [9.17, 15) is 18.0 Å². The van der Waals surface area contributed by atoms with Crippen LogP contribution in [0.25, 0.3) is 0 Å². The Hall–Kier alpha value is -2.09. The first-order valence-electron chi connectivity index (χ1n) is 8.82. The number of rotatable bonds is 4. The quantitative estimate of drug-likeness (QED) is 0.568. The third kappa shape index (κ3) is 5.45. The zero-order valence-electron chi connectivity index (χ0n) is 16.6. The smallest absolute Gasteiger partial charge is 0.424 e. The summed E-state index contributed by atoms with van der Waals surface area (Å²) in [4.78, 5) is 24.2. The third-order valence-electron chi connectivity index (χ3n) is 3.66. The Kier molecular flexibility index (Phi) is 5.61. The standard InChI is InChI=1S/C19H27NO6S/c1-18(2,3)20(17(22)26-19(4,5)6)27(23,24)15-11-9-14(10-12-15)25-16(21)13-7-8-13/h9-13H,7-8H2,1-6H3. The lowest BCUT2D eigenvalue weighted by molar-refractivity contribution is -0.135. The highest BCUT2D eigenvalue weighted by Gasteiger charge is 2.41. The number of hydrogen-bond acceptors (Lipinski definition) is 6. The van der Waals surface area contributed by atoms with Gasteiger partial charge in [0.25, 0.3) is 10.0 Å². The molecule has 0 bridgehead atoms. The number of nitrogens with zero attached hydrogens (tertiary/aromatic N) is 1. The minimum Gasteiger partial charge on any atom is -0.443 e. The van der Waals surface area contributed by atoms with Crippen LogP contribution in [0, 0.1) is 5.92 Å². The predicted molar refractivity (Wildman–Crippen MR) is 99.8 cm³/mol. The van der Waals surface area contributed by atoms with Gasteiger partial charge in [0, 0.05) is 0 Å². The second-order valence-corrected chi connectivity index (χ2v) is 10.4. The molecular weight excluding hydrogens is 370 g/mol. The van der Waals surface area contributed by atoms with Crippen LogP contribution in [0.15, 0.2) is 29.2 Å². The van der Waals surface area contributed by atoms with E-state index >= 15 is 0 Å². The van der Waals surface area contributed by atoms with E-state index < -0.39 is 27.3 Å². The lowest BCUT2D eigenvalue weighted by atomic mass is 10.1. The molecule has 150 valence electrons. The van der Waals surface area contributed by atoms with Gasteiger partial charge in [0.1, 0.15) is 11.4 Å². The van der Waals surface area contributed by atoms with E-state index in [2.05, 4.69) is 0 Å². The maximum absolute atomic E-state index is 13.1. The van der Waals surface area contributed by atoms with Crippen molar-refractivity contribution in [2.24, 2.45) is 5.92 Å². The number of esters is 1. The van der Waals surface area contributed by atoms with Gasteiger partial charge >= 0.3 is 12.1 Å². The average Bonchev–Trinajstić information content (AvgIpc) is 3.28. The maximum Gasteiger partial charge on any atom is 0.424 e. The van der Waals surface area contributed by atoms with Gasteiger partial charge in [-0.05, 0) is 78.6 Å². The third-order valence-corrected chi connectivity index (χ3v) is 5.71. The Morgan fingerprint density at radius 1 is 1.00 bits per heavy atom. The molecule has 0 aliphatic heterocycles. The van der Waals surface area contributed by atoms with E-state index in [1.54, 1.807) is 41.5 Å². The molecule has 2 rings (SSSR count). The van der Waals surface area contributed by atoms with Crippen molar-refractivity contribution >= 4 is 22.1 Å². The number of sulfonamides is 1. The molecule has 1 saturated carbocycles. The summed E-state index contributed by atoms with van der Waals surface area (Å²) in [6.45, 7) is 9.84. The molecule has 1 aliphatic rings. The molecule has 0 radical (unpaired) electrons. The van der Waals surface area contributed by atoms with Gasteiger partial charge in [-0.1, -0.05) is 0 Å². The fraction of sp³-hybridized carbons (Fsp3) is 0.579. The van der Waals surface area contributed by atoms with E-state index in [-0.39, 0.29) is 22.5 Å². The zero-order chi connectivity index (χ0) is 20.6. The molecule has 0 N–H and O–H groups in total. The first-order valence-corrected chi connectivity index (χ1v) is 10.3. The first-order chi connectivity index (χ1) is 12.2. The van der Waals surface area contributed by atoms with Gasteiger partial charge in [-0.2, -0.15) is 4.31 Å². The predicted octanol–water partition coefficient (Wildman–Crippen LogP) is 3.73. The fourth-order valence-corrected chi connectivity index (χ4v) is 3.98. The van der Waals surface area contributed by atoms with E-state index in [1.165, 1.54) is 24.3 Å². The molecule has 0 spiro atoms. The average molecular weight is 397 g/mol.